The van der Waals surface area contributed by atoms with Gasteiger partial charge in [-0.3, -0.25) is 0 Å². The van der Waals surface area contributed by atoms with Crippen molar-refractivity contribution in [2.75, 3.05) is 6.61 Å². The minimum absolute atomic E-state index is 0.116. The molecule has 0 amide bonds. The van der Waals surface area contributed by atoms with E-state index in [-0.39, 0.29) is 34.2 Å². The average molecular weight is 693 g/mol. The third kappa shape index (κ3) is 5.68. The molecule has 49 heavy (non-hydrogen) atoms. The fourth-order valence-electron chi connectivity index (χ4n) is 10.7. The zero-order valence-electron chi connectivity index (χ0n) is 28.3. The van der Waals surface area contributed by atoms with Gasteiger partial charge in [-0.1, -0.05) is 25.5 Å². The lowest BCUT2D eigenvalue weighted by molar-refractivity contribution is -0.359. The Morgan fingerprint density at radius 3 is 2.29 bits per heavy atom. The molecule has 5 fully saturated rings. The Morgan fingerprint density at radius 2 is 1.57 bits per heavy atom. The highest BCUT2D eigenvalue weighted by Gasteiger charge is 2.67. The minimum Gasteiger partial charge on any atom is -0.431 e. The average Bonchev–Trinajstić information content (AvgIpc) is 3.37. The van der Waals surface area contributed by atoms with Crippen LogP contribution in [0.3, 0.4) is 0 Å². The Morgan fingerprint density at radius 1 is 0.837 bits per heavy atom. The van der Waals surface area contributed by atoms with Crippen molar-refractivity contribution in [2.24, 2.45) is 22.7 Å². The van der Waals surface area contributed by atoms with Crippen LogP contribution in [-0.4, -0.2) is 115 Å². The van der Waals surface area contributed by atoms with Crippen LogP contribution in [0.4, 0.5) is 0 Å². The van der Waals surface area contributed by atoms with Gasteiger partial charge in [0.2, 0.25) is 0 Å². The van der Waals surface area contributed by atoms with Crippen LogP contribution in [0.5, 0.6) is 0 Å². The maximum absolute atomic E-state index is 12.5. The van der Waals surface area contributed by atoms with E-state index in [1.165, 1.54) is 18.6 Å². The first-order valence-electron chi connectivity index (χ1n) is 17.9. The molecule has 1 unspecified atom stereocenters. The Kier molecular flexibility index (Phi) is 9.48. The maximum Gasteiger partial charge on any atom is 0.335 e. The van der Waals surface area contributed by atoms with Crippen molar-refractivity contribution in [1.29, 1.82) is 0 Å². The van der Waals surface area contributed by atoms with Gasteiger partial charge < -0.3 is 59.1 Å². The van der Waals surface area contributed by atoms with Crippen molar-refractivity contribution >= 4 is 0 Å². The second kappa shape index (κ2) is 13.0. The Balaban J connectivity index is 1.03. The number of hydrogen-bond acceptors (Lipinski definition) is 13. The molecule has 0 spiro atoms. The molecule has 274 valence electrons. The Bertz CT molecular complexity index is 1430. The van der Waals surface area contributed by atoms with Crippen molar-refractivity contribution in [3.8, 4) is 0 Å². The summed E-state index contributed by atoms with van der Waals surface area (Å²) in [7, 11) is 0. The van der Waals surface area contributed by atoms with Gasteiger partial charge in [0.15, 0.2) is 12.6 Å². The molecule has 3 heterocycles. The topological polar surface area (TPSA) is 209 Å². The number of aliphatic hydroxyl groups excluding tert-OH is 6. The van der Waals surface area contributed by atoms with Crippen molar-refractivity contribution in [3.63, 3.8) is 0 Å². The third-order valence-corrected chi connectivity index (χ3v) is 13.6. The first-order valence-corrected chi connectivity index (χ1v) is 17.9. The van der Waals surface area contributed by atoms with E-state index in [0.29, 0.717) is 12.8 Å². The standard InChI is InChI=1S/C36H52O13/c1-17-26(39)27(40)29(42)32(46-17)49-31-24(15-37)48-33(30(43)28(31)41)47-20-8-11-34(2)19(14-20)5-6-23-22(34)9-12-35(3)21(10-13-36(23,35)44)18-4-7-25(38)45-16-18/h4,7,14,16-17,20-24,26-33,37,39-44H,5-6,8-13,15H2,1-3H3/t17-,20?,21+,22-,23+,24+,26-,27+,28+,29+,30+,31+,32-,33+,34-,35+,36-/m0/s1. The summed E-state index contributed by atoms with van der Waals surface area (Å²) in [6.45, 7) is 5.41. The van der Waals surface area contributed by atoms with E-state index in [0.717, 1.165) is 44.1 Å². The van der Waals surface area contributed by atoms with Gasteiger partial charge in [-0.2, -0.15) is 0 Å². The SMILES string of the molecule is C[C@@H]1O[C@@H](O[C@H]2[C@H](O)[C@@H](O)[C@H](OC3C=C4CC[C@@H]5[C@H](CC[C@]6(C)[C@@H](c7ccc(=O)oc7)CC[C@]56O)[C@@]4(C)CC3)O[C@@H]2CO)[C@H](O)[C@H](O)[C@H]1O. The summed E-state index contributed by atoms with van der Waals surface area (Å²) >= 11 is 0. The van der Waals surface area contributed by atoms with E-state index in [1.807, 2.05) is 6.07 Å². The second-order valence-corrected chi connectivity index (χ2v) is 15.9. The van der Waals surface area contributed by atoms with E-state index >= 15 is 0 Å². The summed E-state index contributed by atoms with van der Waals surface area (Å²) in [6, 6.07) is 3.31. The molecular formula is C36H52O13. The lowest BCUT2D eigenvalue weighted by atomic mass is 9.45. The van der Waals surface area contributed by atoms with Gasteiger partial charge in [-0.15, -0.1) is 0 Å². The molecule has 13 heteroatoms. The van der Waals surface area contributed by atoms with E-state index in [9.17, 15) is 40.5 Å². The number of rotatable bonds is 6. The Labute approximate surface area is 285 Å². The maximum atomic E-state index is 12.5. The monoisotopic (exact) mass is 692 g/mol. The van der Waals surface area contributed by atoms with Crippen molar-refractivity contribution < 1.29 is 59.1 Å². The molecule has 7 rings (SSSR count). The summed E-state index contributed by atoms with van der Waals surface area (Å²) in [5, 5.41) is 75.3. The highest BCUT2D eigenvalue weighted by Crippen LogP contribution is 2.70. The lowest BCUT2D eigenvalue weighted by Crippen LogP contribution is -2.64. The van der Waals surface area contributed by atoms with Crippen molar-refractivity contribution in [1.82, 2.24) is 0 Å². The normalized spacial score (nSPS) is 51.3. The smallest absolute Gasteiger partial charge is 0.335 e. The largest absolute Gasteiger partial charge is 0.431 e. The molecule has 0 radical (unpaired) electrons. The summed E-state index contributed by atoms with van der Waals surface area (Å²) in [5.41, 5.74) is 0.574. The number of aliphatic hydroxyl groups is 7. The lowest BCUT2D eigenvalue weighted by Gasteiger charge is -2.62. The molecule has 1 aromatic heterocycles. The third-order valence-electron chi connectivity index (χ3n) is 13.6. The quantitative estimate of drug-likeness (QED) is 0.207. The van der Waals surface area contributed by atoms with Crippen molar-refractivity contribution in [2.45, 2.75) is 151 Å². The molecule has 13 nitrogen and oxygen atoms in total. The van der Waals surface area contributed by atoms with Crippen molar-refractivity contribution in [3.05, 3.63) is 46.0 Å². The molecule has 6 aliphatic rings. The highest BCUT2D eigenvalue weighted by molar-refractivity contribution is 5.31. The van der Waals surface area contributed by atoms with Gasteiger partial charge in [0.1, 0.15) is 42.7 Å². The minimum atomic E-state index is -1.64. The molecule has 4 aliphatic carbocycles. The zero-order chi connectivity index (χ0) is 35.0. The van der Waals surface area contributed by atoms with Gasteiger partial charge in [0.25, 0.3) is 0 Å². The molecule has 1 aromatic rings. The molecule has 0 aromatic carbocycles. The number of ether oxygens (including phenoxy) is 4. The molecule has 17 atom stereocenters. The molecule has 3 saturated carbocycles. The number of fused-ring (bicyclic) bond motifs is 5. The summed E-state index contributed by atoms with van der Waals surface area (Å²) in [6.07, 6.45) is -3.99. The zero-order valence-corrected chi connectivity index (χ0v) is 28.3. The van der Waals surface area contributed by atoms with E-state index in [4.69, 9.17) is 23.4 Å². The van der Waals surface area contributed by atoms with E-state index < -0.39 is 79.7 Å². The first kappa shape index (κ1) is 35.6. The summed E-state index contributed by atoms with van der Waals surface area (Å²) in [5.74, 6) is 0.533. The highest BCUT2D eigenvalue weighted by atomic mass is 16.7. The molecule has 2 saturated heterocycles. The summed E-state index contributed by atoms with van der Waals surface area (Å²) in [4.78, 5) is 11.6. The van der Waals surface area contributed by atoms with Crippen LogP contribution in [0.15, 0.2) is 39.3 Å². The van der Waals surface area contributed by atoms with Crippen LogP contribution < -0.4 is 5.63 Å². The molecule has 7 N–H and O–H groups in total. The Hall–Kier alpha value is -1.75. The predicted molar refractivity (Wildman–Crippen MR) is 171 cm³/mol. The van der Waals surface area contributed by atoms with Crippen LogP contribution in [0, 0.1) is 22.7 Å². The van der Waals surface area contributed by atoms with Crippen LogP contribution in [0.25, 0.3) is 0 Å². The number of hydrogen-bond donors (Lipinski definition) is 7. The summed E-state index contributed by atoms with van der Waals surface area (Å²) < 4.78 is 28.6. The fraction of sp³-hybridized carbons (Fsp3) is 0.806. The van der Waals surface area contributed by atoms with Gasteiger partial charge >= 0.3 is 5.63 Å². The number of allylic oxidation sites excluding steroid dienone is 1. The molecule has 0 bridgehead atoms. The second-order valence-electron chi connectivity index (χ2n) is 15.9. The molecule has 2 aliphatic heterocycles. The van der Waals surface area contributed by atoms with Gasteiger partial charge in [0.05, 0.1) is 30.7 Å². The predicted octanol–water partition coefficient (Wildman–Crippen LogP) is 0.838. The van der Waals surface area contributed by atoms with Gasteiger partial charge in [-0.25, -0.2) is 4.79 Å². The van der Waals surface area contributed by atoms with Gasteiger partial charge in [-0.05, 0) is 93.1 Å². The fourth-order valence-corrected chi connectivity index (χ4v) is 10.7. The first-order chi connectivity index (χ1) is 23.2. The van der Waals surface area contributed by atoms with Crippen LogP contribution in [0.2, 0.25) is 0 Å². The van der Waals surface area contributed by atoms with E-state index in [1.54, 1.807) is 6.26 Å². The van der Waals surface area contributed by atoms with E-state index in [2.05, 4.69) is 19.9 Å². The van der Waals surface area contributed by atoms with Crippen LogP contribution in [-0.2, 0) is 18.9 Å². The van der Waals surface area contributed by atoms with Gasteiger partial charge in [0, 0.05) is 11.5 Å². The van der Waals surface area contributed by atoms with Crippen LogP contribution in [0.1, 0.15) is 83.6 Å². The van der Waals surface area contributed by atoms with Crippen LogP contribution >= 0.6 is 0 Å². The molecular weight excluding hydrogens is 640 g/mol.